The number of hydrogen-bond acceptors (Lipinski definition) is 3. The quantitative estimate of drug-likeness (QED) is 0.796. The smallest absolute Gasteiger partial charge is 0.308 e. The number of aliphatic carboxylic acids is 1. The summed E-state index contributed by atoms with van der Waals surface area (Å²) in [6, 6.07) is 14.7. The van der Waals surface area contributed by atoms with Crippen LogP contribution in [-0.4, -0.2) is 21.3 Å². The van der Waals surface area contributed by atoms with Crippen molar-refractivity contribution in [1.29, 1.82) is 0 Å². The third-order valence-electron chi connectivity index (χ3n) is 4.91. The summed E-state index contributed by atoms with van der Waals surface area (Å²) in [5, 5.41) is 30.7. The van der Waals surface area contributed by atoms with Crippen molar-refractivity contribution in [2.75, 3.05) is 0 Å². The number of rotatable bonds is 3. The van der Waals surface area contributed by atoms with E-state index >= 15 is 0 Å². The summed E-state index contributed by atoms with van der Waals surface area (Å²) in [7, 11) is 0. The Morgan fingerprint density at radius 1 is 0.792 bits per heavy atom. The van der Waals surface area contributed by atoms with Crippen molar-refractivity contribution in [2.24, 2.45) is 5.92 Å². The summed E-state index contributed by atoms with van der Waals surface area (Å²) in [4.78, 5) is 12.1. The fourth-order valence-electron chi connectivity index (χ4n) is 3.90. The van der Waals surface area contributed by atoms with Crippen molar-refractivity contribution in [2.45, 2.75) is 11.8 Å². The fraction of sp³-hybridized carbons (Fsp3) is 0.150. The van der Waals surface area contributed by atoms with E-state index in [-0.39, 0.29) is 11.5 Å². The van der Waals surface area contributed by atoms with Crippen LogP contribution in [0.4, 0.5) is 0 Å². The number of aliphatic hydroxyl groups excluding tert-OH is 2. The van der Waals surface area contributed by atoms with Crippen LogP contribution >= 0.6 is 0 Å². The summed E-state index contributed by atoms with van der Waals surface area (Å²) >= 11 is 0. The van der Waals surface area contributed by atoms with Crippen LogP contribution in [0.5, 0.6) is 0 Å². The molecule has 0 aromatic heterocycles. The van der Waals surface area contributed by atoms with E-state index < -0.39 is 23.7 Å². The molecule has 0 aliphatic heterocycles. The summed E-state index contributed by atoms with van der Waals surface area (Å²) in [6.07, 6.45) is 3.22. The first-order valence-corrected chi connectivity index (χ1v) is 7.79. The Balaban J connectivity index is 1.85. The molecule has 120 valence electrons. The first-order chi connectivity index (χ1) is 11.6. The molecule has 4 nitrogen and oxygen atoms in total. The molecule has 4 heteroatoms. The molecule has 2 aliphatic carbocycles. The van der Waals surface area contributed by atoms with Gasteiger partial charge in [-0.25, -0.2) is 0 Å². The van der Waals surface area contributed by atoms with Gasteiger partial charge in [0, 0.05) is 0 Å². The van der Waals surface area contributed by atoms with Crippen LogP contribution in [0.3, 0.4) is 0 Å². The van der Waals surface area contributed by atoms with E-state index in [9.17, 15) is 20.1 Å². The highest BCUT2D eigenvalue weighted by Crippen LogP contribution is 2.50. The number of allylic oxidation sites excluding steroid dienone is 2. The molecule has 2 atom stereocenters. The van der Waals surface area contributed by atoms with E-state index in [4.69, 9.17) is 0 Å². The van der Waals surface area contributed by atoms with Crippen LogP contribution in [0.15, 0.2) is 60.0 Å². The number of aliphatic hydroxyl groups is 2. The monoisotopic (exact) mass is 320 g/mol. The normalized spacial score (nSPS) is 22.3. The molecule has 0 spiro atoms. The molecule has 0 saturated heterocycles. The van der Waals surface area contributed by atoms with Gasteiger partial charge in [-0.1, -0.05) is 48.5 Å². The second kappa shape index (κ2) is 5.27. The summed E-state index contributed by atoms with van der Waals surface area (Å²) in [6.45, 7) is 0. The molecule has 0 amide bonds. The van der Waals surface area contributed by atoms with Crippen LogP contribution in [0.1, 0.15) is 34.1 Å². The van der Waals surface area contributed by atoms with Crippen molar-refractivity contribution in [3.8, 4) is 0 Å². The molecule has 2 aromatic carbocycles. The van der Waals surface area contributed by atoms with E-state index in [0.717, 1.165) is 22.3 Å². The zero-order chi connectivity index (χ0) is 16.8. The number of carboxylic acid groups (broad SMARTS) is 1. The van der Waals surface area contributed by atoms with Crippen molar-refractivity contribution in [1.82, 2.24) is 0 Å². The maximum absolute atomic E-state index is 12.1. The molecule has 0 bridgehead atoms. The van der Waals surface area contributed by atoms with Gasteiger partial charge < -0.3 is 15.3 Å². The number of carboxylic acids is 1. The van der Waals surface area contributed by atoms with Crippen molar-refractivity contribution in [3.05, 3.63) is 82.3 Å². The lowest BCUT2D eigenvalue weighted by Crippen LogP contribution is -2.29. The predicted molar refractivity (Wildman–Crippen MR) is 90.7 cm³/mol. The number of hydrogen-bond donors (Lipinski definition) is 3. The maximum atomic E-state index is 12.1. The molecule has 2 aliphatic rings. The molecule has 2 aromatic rings. The topological polar surface area (TPSA) is 77.8 Å². The highest BCUT2D eigenvalue weighted by Gasteiger charge is 2.45. The van der Waals surface area contributed by atoms with Crippen LogP contribution in [0, 0.1) is 5.92 Å². The molecule has 24 heavy (non-hydrogen) atoms. The minimum Gasteiger partial charge on any atom is -0.512 e. The van der Waals surface area contributed by atoms with Gasteiger partial charge >= 0.3 is 5.97 Å². The molecule has 0 radical (unpaired) electrons. The molecule has 3 N–H and O–H groups in total. The second-order valence-electron chi connectivity index (χ2n) is 6.22. The van der Waals surface area contributed by atoms with Crippen LogP contribution in [-0.2, 0) is 4.79 Å². The van der Waals surface area contributed by atoms with Crippen LogP contribution in [0.2, 0.25) is 0 Å². The number of carbonyl (C=O) groups is 1. The third kappa shape index (κ3) is 2.03. The van der Waals surface area contributed by atoms with Gasteiger partial charge in [-0.3, -0.25) is 4.79 Å². The van der Waals surface area contributed by atoms with E-state index in [1.807, 2.05) is 48.5 Å². The van der Waals surface area contributed by atoms with Gasteiger partial charge in [0.05, 0.1) is 17.8 Å². The van der Waals surface area contributed by atoms with Gasteiger partial charge in [0.15, 0.2) is 0 Å². The van der Waals surface area contributed by atoms with Gasteiger partial charge in [-0.05, 0) is 34.4 Å². The highest BCUT2D eigenvalue weighted by atomic mass is 16.4. The Kier molecular flexibility index (Phi) is 3.20. The van der Waals surface area contributed by atoms with Gasteiger partial charge in [-0.2, -0.15) is 0 Å². The van der Waals surface area contributed by atoms with Gasteiger partial charge in [-0.15, -0.1) is 0 Å². The lowest BCUT2D eigenvalue weighted by atomic mass is 9.75. The third-order valence-corrected chi connectivity index (χ3v) is 4.91. The largest absolute Gasteiger partial charge is 0.512 e. The lowest BCUT2D eigenvalue weighted by molar-refractivity contribution is -0.143. The lowest BCUT2D eigenvalue weighted by Gasteiger charge is -2.27. The van der Waals surface area contributed by atoms with Crippen molar-refractivity contribution in [3.63, 3.8) is 0 Å². The second-order valence-corrected chi connectivity index (χ2v) is 6.22. The predicted octanol–water partition coefficient (Wildman–Crippen LogP) is 4.08. The molecular formula is C20H16O4. The Hall–Kier alpha value is -3.01. The minimum absolute atomic E-state index is 0.0285. The fourth-order valence-corrected chi connectivity index (χ4v) is 3.90. The molecular weight excluding hydrogens is 304 g/mol. The average molecular weight is 320 g/mol. The van der Waals surface area contributed by atoms with Crippen LogP contribution < -0.4 is 0 Å². The summed E-state index contributed by atoms with van der Waals surface area (Å²) in [5.41, 5.74) is 3.20. The Morgan fingerprint density at radius 3 is 1.62 bits per heavy atom. The molecule has 2 unspecified atom stereocenters. The van der Waals surface area contributed by atoms with Crippen molar-refractivity contribution < 1.29 is 20.1 Å². The van der Waals surface area contributed by atoms with Crippen molar-refractivity contribution >= 4 is 18.1 Å². The van der Waals surface area contributed by atoms with Gasteiger partial charge in [0.1, 0.15) is 11.5 Å². The summed E-state index contributed by atoms with van der Waals surface area (Å²) in [5.74, 6) is -3.32. The zero-order valence-corrected chi connectivity index (χ0v) is 12.8. The Labute approximate surface area is 139 Å². The molecule has 0 heterocycles. The van der Waals surface area contributed by atoms with E-state index in [1.54, 1.807) is 12.2 Å². The van der Waals surface area contributed by atoms with E-state index in [2.05, 4.69) is 0 Å². The maximum Gasteiger partial charge on any atom is 0.308 e. The molecule has 4 rings (SSSR count). The average Bonchev–Trinajstić information content (AvgIpc) is 3.05. The molecule has 0 saturated carbocycles. The number of benzene rings is 2. The zero-order valence-electron chi connectivity index (χ0n) is 12.8. The minimum atomic E-state index is -1.04. The Bertz CT molecular complexity index is 827. The Morgan fingerprint density at radius 2 is 1.21 bits per heavy atom. The SMILES string of the molecule is O=C(O)C(C1C(O)=Cc2ccccc21)C1C(O)=Cc2ccccc21. The first-order valence-electron chi connectivity index (χ1n) is 7.79. The van der Waals surface area contributed by atoms with Gasteiger partial charge in [0.25, 0.3) is 0 Å². The van der Waals surface area contributed by atoms with E-state index in [0.29, 0.717) is 0 Å². The standard InChI is InChI=1S/C20H16O4/c21-15-9-11-5-1-3-7-13(11)17(15)19(20(23)24)18-14-8-4-2-6-12(14)10-16(18)22/h1-10,17-19,21-22H,(H,23,24). The van der Waals surface area contributed by atoms with E-state index in [1.165, 1.54) is 0 Å². The molecule has 0 fully saturated rings. The highest BCUT2D eigenvalue weighted by molar-refractivity contribution is 5.80. The summed E-state index contributed by atoms with van der Waals surface area (Å²) < 4.78 is 0. The number of fused-ring (bicyclic) bond motifs is 2. The first kappa shape index (κ1) is 14.6. The van der Waals surface area contributed by atoms with Gasteiger partial charge in [0.2, 0.25) is 0 Å². The van der Waals surface area contributed by atoms with Crippen LogP contribution in [0.25, 0.3) is 12.2 Å².